The molecule has 1 atom stereocenters. The van der Waals surface area contributed by atoms with Crippen LogP contribution in [0.1, 0.15) is 5.56 Å². The fraction of sp³-hybridized carbons (Fsp3) is 0.235. The molecule has 0 aliphatic carbocycles. The van der Waals surface area contributed by atoms with E-state index < -0.39 is 0 Å². The Bertz CT molecular complexity index is 909. The number of aromatic nitrogens is 1. The summed E-state index contributed by atoms with van der Waals surface area (Å²) in [5.74, 6) is 1.35. The SMILES string of the molecule is O=[N+]([O-])c1ccc2nc(NCC3COc4ccccc4C3)sc2c1. The van der Waals surface area contributed by atoms with Gasteiger partial charge in [0.25, 0.3) is 5.69 Å². The summed E-state index contributed by atoms with van der Waals surface area (Å²) in [6.07, 6.45) is 0.972. The van der Waals surface area contributed by atoms with Crippen LogP contribution in [-0.2, 0) is 6.42 Å². The van der Waals surface area contributed by atoms with Crippen LogP contribution < -0.4 is 10.1 Å². The maximum atomic E-state index is 10.8. The third-order valence-corrected chi connectivity index (χ3v) is 5.06. The molecule has 4 rings (SSSR count). The quantitative estimate of drug-likeness (QED) is 0.576. The number of anilines is 1. The zero-order chi connectivity index (χ0) is 16.5. The van der Waals surface area contributed by atoms with E-state index in [0.717, 1.165) is 34.1 Å². The molecule has 3 aromatic rings. The summed E-state index contributed by atoms with van der Waals surface area (Å²) < 4.78 is 6.61. The van der Waals surface area contributed by atoms with Gasteiger partial charge in [0.2, 0.25) is 0 Å². The number of ether oxygens (including phenoxy) is 1. The molecule has 1 N–H and O–H groups in total. The third-order valence-electron chi connectivity index (χ3n) is 4.08. The first-order valence-corrected chi connectivity index (χ1v) is 8.50. The average molecular weight is 341 g/mol. The van der Waals surface area contributed by atoms with Gasteiger partial charge in [-0.2, -0.15) is 0 Å². The van der Waals surface area contributed by atoms with Crippen molar-refractivity contribution in [2.24, 2.45) is 5.92 Å². The number of nitro groups is 1. The molecule has 122 valence electrons. The molecule has 1 aliphatic heterocycles. The molecule has 0 saturated heterocycles. The third kappa shape index (κ3) is 2.90. The van der Waals surface area contributed by atoms with Crippen molar-refractivity contribution < 1.29 is 9.66 Å². The molecule has 7 heteroatoms. The van der Waals surface area contributed by atoms with Crippen molar-refractivity contribution in [1.29, 1.82) is 0 Å². The highest BCUT2D eigenvalue weighted by Gasteiger charge is 2.19. The average Bonchev–Trinajstić information content (AvgIpc) is 3.01. The van der Waals surface area contributed by atoms with Gasteiger partial charge in [0.1, 0.15) is 5.75 Å². The Morgan fingerprint density at radius 2 is 2.21 bits per heavy atom. The number of thiazole rings is 1. The first kappa shape index (κ1) is 14.9. The van der Waals surface area contributed by atoms with Gasteiger partial charge in [-0.3, -0.25) is 10.1 Å². The highest BCUT2D eigenvalue weighted by atomic mass is 32.1. The number of benzene rings is 2. The number of non-ortho nitro benzene ring substituents is 1. The monoisotopic (exact) mass is 341 g/mol. The van der Waals surface area contributed by atoms with E-state index in [-0.39, 0.29) is 10.6 Å². The summed E-state index contributed by atoms with van der Waals surface area (Å²) in [6, 6.07) is 12.8. The van der Waals surface area contributed by atoms with Crippen molar-refractivity contribution >= 4 is 32.4 Å². The Kier molecular flexibility index (Phi) is 3.78. The summed E-state index contributed by atoms with van der Waals surface area (Å²) in [4.78, 5) is 14.9. The lowest BCUT2D eigenvalue weighted by molar-refractivity contribution is -0.384. The van der Waals surface area contributed by atoms with Gasteiger partial charge in [0.05, 0.1) is 21.7 Å². The molecule has 0 saturated carbocycles. The summed E-state index contributed by atoms with van der Waals surface area (Å²) in [5, 5.41) is 15.0. The molecule has 6 nitrogen and oxygen atoms in total. The van der Waals surface area contributed by atoms with Gasteiger partial charge >= 0.3 is 0 Å². The van der Waals surface area contributed by atoms with Gasteiger partial charge in [0, 0.05) is 24.6 Å². The van der Waals surface area contributed by atoms with Crippen molar-refractivity contribution in [3.05, 3.63) is 58.1 Å². The molecule has 1 aromatic heterocycles. The van der Waals surface area contributed by atoms with E-state index in [1.165, 1.54) is 23.0 Å². The molecule has 0 bridgehead atoms. The van der Waals surface area contributed by atoms with E-state index in [1.54, 1.807) is 12.1 Å². The molecule has 0 radical (unpaired) electrons. The second-order valence-electron chi connectivity index (χ2n) is 5.80. The largest absolute Gasteiger partial charge is 0.493 e. The van der Waals surface area contributed by atoms with Crippen LogP contribution in [0.4, 0.5) is 10.8 Å². The summed E-state index contributed by atoms with van der Waals surface area (Å²) in [5.41, 5.74) is 2.10. The Morgan fingerprint density at radius 3 is 3.08 bits per heavy atom. The highest BCUT2D eigenvalue weighted by molar-refractivity contribution is 7.22. The minimum Gasteiger partial charge on any atom is -0.493 e. The minimum absolute atomic E-state index is 0.0926. The van der Waals surface area contributed by atoms with Gasteiger partial charge in [-0.25, -0.2) is 4.98 Å². The van der Waals surface area contributed by atoms with E-state index >= 15 is 0 Å². The summed E-state index contributed by atoms with van der Waals surface area (Å²) in [7, 11) is 0. The van der Waals surface area contributed by atoms with Crippen LogP contribution >= 0.6 is 11.3 Å². The van der Waals surface area contributed by atoms with Crippen LogP contribution in [0.2, 0.25) is 0 Å². The van der Waals surface area contributed by atoms with Gasteiger partial charge in [-0.05, 0) is 24.1 Å². The van der Waals surface area contributed by atoms with Crippen molar-refractivity contribution in [3.63, 3.8) is 0 Å². The molecule has 1 unspecified atom stereocenters. The smallest absolute Gasteiger partial charge is 0.270 e. The van der Waals surface area contributed by atoms with Crippen molar-refractivity contribution in [3.8, 4) is 5.75 Å². The molecule has 2 aromatic carbocycles. The highest BCUT2D eigenvalue weighted by Crippen LogP contribution is 2.30. The van der Waals surface area contributed by atoms with Crippen LogP contribution in [0.15, 0.2) is 42.5 Å². The van der Waals surface area contributed by atoms with E-state index in [2.05, 4.69) is 16.4 Å². The number of fused-ring (bicyclic) bond motifs is 2. The van der Waals surface area contributed by atoms with Crippen LogP contribution in [0, 0.1) is 16.0 Å². The van der Waals surface area contributed by atoms with Gasteiger partial charge < -0.3 is 10.1 Å². The summed E-state index contributed by atoms with van der Waals surface area (Å²) >= 11 is 1.44. The van der Waals surface area contributed by atoms with Crippen molar-refractivity contribution in [1.82, 2.24) is 4.98 Å². The molecular formula is C17H15N3O3S. The van der Waals surface area contributed by atoms with Crippen molar-refractivity contribution in [2.75, 3.05) is 18.5 Å². The van der Waals surface area contributed by atoms with Crippen LogP contribution in [0.3, 0.4) is 0 Å². The van der Waals surface area contributed by atoms with E-state index in [9.17, 15) is 10.1 Å². The molecule has 0 amide bonds. The zero-order valence-electron chi connectivity index (χ0n) is 12.8. The topological polar surface area (TPSA) is 77.3 Å². The number of nitro benzene ring substituents is 1. The number of para-hydroxylation sites is 1. The normalized spacial score (nSPS) is 16.4. The molecular weight excluding hydrogens is 326 g/mol. The van der Waals surface area contributed by atoms with Crippen molar-refractivity contribution in [2.45, 2.75) is 6.42 Å². The fourth-order valence-electron chi connectivity index (χ4n) is 2.86. The lowest BCUT2D eigenvalue weighted by Gasteiger charge is -2.25. The second-order valence-corrected chi connectivity index (χ2v) is 6.83. The maximum absolute atomic E-state index is 10.8. The van der Waals surface area contributed by atoms with Crippen LogP contribution in [0.25, 0.3) is 10.2 Å². The number of hydrogen-bond acceptors (Lipinski definition) is 6. The van der Waals surface area contributed by atoms with E-state index in [1.807, 2.05) is 18.2 Å². The summed E-state index contributed by atoms with van der Waals surface area (Å²) in [6.45, 7) is 1.44. The molecule has 0 fully saturated rings. The Morgan fingerprint density at radius 1 is 1.33 bits per heavy atom. The van der Waals surface area contributed by atoms with Gasteiger partial charge in [-0.1, -0.05) is 29.5 Å². The number of nitrogens with one attached hydrogen (secondary N) is 1. The fourth-order valence-corrected chi connectivity index (χ4v) is 3.76. The maximum Gasteiger partial charge on any atom is 0.270 e. The standard InChI is InChI=1S/C17H15N3O3S/c21-20(22)13-5-6-14-16(8-13)24-17(19-14)18-9-11-7-12-3-1-2-4-15(12)23-10-11/h1-6,8,11H,7,9-10H2,(H,18,19). The lowest BCUT2D eigenvalue weighted by Crippen LogP contribution is -2.27. The number of nitrogens with zero attached hydrogens (tertiary/aromatic N) is 2. The first-order chi connectivity index (χ1) is 11.7. The molecule has 1 aliphatic rings. The van der Waals surface area contributed by atoms with E-state index in [0.29, 0.717) is 12.5 Å². The molecule has 24 heavy (non-hydrogen) atoms. The predicted octanol–water partition coefficient (Wildman–Crippen LogP) is 3.87. The van der Waals surface area contributed by atoms with Gasteiger partial charge in [-0.15, -0.1) is 0 Å². The zero-order valence-corrected chi connectivity index (χ0v) is 13.6. The Labute approximate surface area is 142 Å². The van der Waals surface area contributed by atoms with E-state index in [4.69, 9.17) is 4.74 Å². The number of rotatable bonds is 4. The minimum atomic E-state index is -0.386. The second kappa shape index (κ2) is 6.09. The predicted molar refractivity (Wildman–Crippen MR) is 93.9 cm³/mol. The Balaban J connectivity index is 1.45. The molecule has 2 heterocycles. The number of hydrogen-bond donors (Lipinski definition) is 1. The Hall–Kier alpha value is -2.67. The molecule has 0 spiro atoms. The lowest BCUT2D eigenvalue weighted by atomic mass is 9.97. The van der Waals surface area contributed by atoms with Crippen LogP contribution in [0.5, 0.6) is 5.75 Å². The van der Waals surface area contributed by atoms with Crippen LogP contribution in [-0.4, -0.2) is 23.1 Å². The van der Waals surface area contributed by atoms with Gasteiger partial charge in [0.15, 0.2) is 5.13 Å². The first-order valence-electron chi connectivity index (χ1n) is 7.68.